The first kappa shape index (κ1) is 25.4. The Labute approximate surface area is 238 Å². The molecule has 0 radical (unpaired) electrons. The van der Waals surface area contributed by atoms with Crippen molar-refractivity contribution in [1.82, 2.24) is 9.66 Å². The Morgan fingerprint density at radius 1 is 0.975 bits per heavy atom. The van der Waals surface area contributed by atoms with E-state index in [1.807, 2.05) is 42.5 Å². The average Bonchev–Trinajstić information content (AvgIpc) is 3.41. The largest absolute Gasteiger partial charge is 0.486 e. The maximum absolute atomic E-state index is 13.5. The molecule has 9 heteroatoms. The second-order valence-corrected chi connectivity index (χ2v) is 9.65. The topological polar surface area (TPSA) is 93.4 Å². The zero-order chi connectivity index (χ0) is 27.6. The Bertz CT molecular complexity index is 1980. The number of rotatable bonds is 6. The second kappa shape index (κ2) is 10.7. The van der Waals surface area contributed by atoms with E-state index in [0.29, 0.717) is 38.9 Å². The first-order valence-electron chi connectivity index (χ1n) is 12.2. The highest BCUT2D eigenvalue weighted by molar-refractivity contribution is 6.37. The number of nitriles is 1. The van der Waals surface area contributed by atoms with E-state index in [4.69, 9.17) is 37.3 Å². The molecule has 0 aliphatic carbocycles. The monoisotopic (exact) mass is 564 g/mol. The van der Waals surface area contributed by atoms with Gasteiger partial charge < -0.3 is 9.15 Å². The summed E-state index contributed by atoms with van der Waals surface area (Å²) in [7, 11) is 0. The molecular weight excluding hydrogens is 547 g/mol. The number of fused-ring (bicyclic) bond motifs is 2. The van der Waals surface area contributed by atoms with Gasteiger partial charge in [-0.15, -0.1) is 0 Å². The number of furan rings is 1. The van der Waals surface area contributed by atoms with Crippen LogP contribution in [0.3, 0.4) is 0 Å². The van der Waals surface area contributed by atoms with Crippen molar-refractivity contribution in [3.05, 3.63) is 128 Å². The van der Waals surface area contributed by atoms with Gasteiger partial charge in [0, 0.05) is 10.9 Å². The van der Waals surface area contributed by atoms with E-state index in [1.165, 1.54) is 10.9 Å². The number of nitrogens with zero attached hydrogens (tertiary/aromatic N) is 4. The van der Waals surface area contributed by atoms with Crippen molar-refractivity contribution in [2.75, 3.05) is 0 Å². The number of ether oxygens (including phenoxy) is 1. The fourth-order valence-corrected chi connectivity index (χ4v) is 4.92. The molecule has 0 saturated carbocycles. The summed E-state index contributed by atoms with van der Waals surface area (Å²) in [6.07, 6.45) is 1.47. The minimum absolute atomic E-state index is 0.121. The van der Waals surface area contributed by atoms with Gasteiger partial charge in [-0.05, 0) is 48.0 Å². The van der Waals surface area contributed by atoms with Crippen molar-refractivity contribution >= 4 is 51.3 Å². The van der Waals surface area contributed by atoms with Gasteiger partial charge in [-0.3, -0.25) is 4.79 Å². The molecule has 0 bridgehead atoms. The minimum Gasteiger partial charge on any atom is -0.486 e. The van der Waals surface area contributed by atoms with Crippen LogP contribution in [-0.4, -0.2) is 15.9 Å². The predicted octanol–water partition coefficient (Wildman–Crippen LogP) is 7.45. The lowest BCUT2D eigenvalue weighted by Gasteiger charge is -2.12. The Balaban J connectivity index is 1.37. The Kier molecular flexibility index (Phi) is 6.79. The molecule has 6 rings (SSSR count). The van der Waals surface area contributed by atoms with Gasteiger partial charge in [-0.2, -0.15) is 15.0 Å². The Hall–Kier alpha value is -4.90. The van der Waals surface area contributed by atoms with E-state index in [1.54, 1.807) is 48.5 Å². The highest BCUT2D eigenvalue weighted by Gasteiger charge is 2.17. The molecule has 0 saturated heterocycles. The minimum atomic E-state index is -0.356. The molecule has 0 amide bonds. The lowest BCUT2D eigenvalue weighted by atomic mass is 10.1. The summed E-state index contributed by atoms with van der Waals surface area (Å²) in [6.45, 7) is 0.121. The molecule has 2 heterocycles. The number of para-hydroxylation sites is 2. The third-order valence-corrected chi connectivity index (χ3v) is 6.81. The molecule has 6 aromatic rings. The Morgan fingerprint density at radius 3 is 2.50 bits per heavy atom. The quantitative estimate of drug-likeness (QED) is 0.196. The van der Waals surface area contributed by atoms with Crippen LogP contribution >= 0.6 is 23.2 Å². The number of aromatic nitrogens is 2. The van der Waals surface area contributed by atoms with Crippen LogP contribution in [0.2, 0.25) is 10.0 Å². The molecule has 0 aliphatic heterocycles. The molecule has 0 spiro atoms. The fraction of sp³-hybridized carbons (Fsp3) is 0.0323. The van der Waals surface area contributed by atoms with Gasteiger partial charge in [-0.1, -0.05) is 71.7 Å². The van der Waals surface area contributed by atoms with Gasteiger partial charge in [0.15, 0.2) is 11.5 Å². The van der Waals surface area contributed by atoms with E-state index in [2.05, 4.69) is 11.2 Å². The Morgan fingerprint density at radius 2 is 1.70 bits per heavy atom. The van der Waals surface area contributed by atoms with Gasteiger partial charge in [0.25, 0.3) is 5.56 Å². The molecule has 0 atom stereocenters. The zero-order valence-corrected chi connectivity index (χ0v) is 22.2. The highest BCUT2D eigenvalue weighted by atomic mass is 35.5. The van der Waals surface area contributed by atoms with Gasteiger partial charge in [0.05, 0.1) is 38.8 Å². The van der Waals surface area contributed by atoms with Crippen LogP contribution in [0.1, 0.15) is 16.7 Å². The summed E-state index contributed by atoms with van der Waals surface area (Å²) in [4.78, 5) is 18.2. The zero-order valence-electron chi connectivity index (χ0n) is 20.7. The second-order valence-electron chi connectivity index (χ2n) is 8.83. The van der Waals surface area contributed by atoms with Gasteiger partial charge in [0.2, 0.25) is 5.82 Å². The first-order valence-corrected chi connectivity index (χ1v) is 12.9. The standard InChI is InChI=1S/C31H18Cl2N4O3/c32-24-13-19(14-25(33)29(24)39-18-22-9-2-1-8-21(22)16-34)17-35-37-30(28-15-20-7-3-6-12-27(20)40-28)36-26-11-5-4-10-23(26)31(37)38/h1-15,17H,18H2. The van der Waals surface area contributed by atoms with E-state index in [0.717, 1.165) is 5.39 Å². The van der Waals surface area contributed by atoms with E-state index in [9.17, 15) is 10.1 Å². The lowest BCUT2D eigenvalue weighted by molar-refractivity contribution is 0.306. The van der Waals surface area contributed by atoms with Gasteiger partial charge in [0.1, 0.15) is 12.2 Å². The van der Waals surface area contributed by atoms with Crippen molar-refractivity contribution in [2.45, 2.75) is 6.61 Å². The molecule has 7 nitrogen and oxygen atoms in total. The molecule has 40 heavy (non-hydrogen) atoms. The van der Waals surface area contributed by atoms with Crippen molar-refractivity contribution in [1.29, 1.82) is 5.26 Å². The summed E-state index contributed by atoms with van der Waals surface area (Å²) in [5, 5.41) is 15.6. The molecule has 4 aromatic carbocycles. The van der Waals surface area contributed by atoms with Crippen LogP contribution in [0.15, 0.2) is 105 Å². The molecular formula is C31H18Cl2N4O3. The van der Waals surface area contributed by atoms with Crippen molar-refractivity contribution in [3.63, 3.8) is 0 Å². The summed E-state index contributed by atoms with van der Waals surface area (Å²) in [5.74, 6) is 0.934. The van der Waals surface area contributed by atoms with Crippen LogP contribution < -0.4 is 10.3 Å². The van der Waals surface area contributed by atoms with Crippen LogP contribution in [0.5, 0.6) is 5.75 Å². The van der Waals surface area contributed by atoms with Gasteiger partial charge in [-0.25, -0.2) is 4.98 Å². The summed E-state index contributed by atoms with van der Waals surface area (Å²) in [5.41, 5.74) is 2.60. The summed E-state index contributed by atoms with van der Waals surface area (Å²) < 4.78 is 13.1. The SMILES string of the molecule is N#Cc1ccccc1COc1c(Cl)cc(C=Nn2c(-c3cc4ccccc4o3)nc3ccccc3c2=O)cc1Cl. The molecule has 0 unspecified atom stereocenters. The normalized spacial score (nSPS) is 11.3. The van der Waals surface area contributed by atoms with E-state index in [-0.39, 0.29) is 33.8 Å². The van der Waals surface area contributed by atoms with Crippen LogP contribution in [0.25, 0.3) is 33.5 Å². The van der Waals surface area contributed by atoms with Crippen molar-refractivity contribution < 1.29 is 9.15 Å². The van der Waals surface area contributed by atoms with Crippen LogP contribution in [-0.2, 0) is 6.61 Å². The number of hydrogen-bond donors (Lipinski definition) is 0. The summed E-state index contributed by atoms with van der Waals surface area (Å²) in [6, 6.07) is 28.9. The third-order valence-electron chi connectivity index (χ3n) is 6.25. The van der Waals surface area contributed by atoms with Crippen LogP contribution in [0, 0.1) is 11.3 Å². The van der Waals surface area contributed by atoms with E-state index >= 15 is 0 Å². The smallest absolute Gasteiger partial charge is 0.282 e. The number of benzene rings is 4. The molecule has 0 N–H and O–H groups in total. The number of halogens is 2. The maximum Gasteiger partial charge on any atom is 0.282 e. The van der Waals surface area contributed by atoms with E-state index < -0.39 is 0 Å². The van der Waals surface area contributed by atoms with Crippen LogP contribution in [0.4, 0.5) is 0 Å². The first-order chi connectivity index (χ1) is 19.5. The number of hydrogen-bond acceptors (Lipinski definition) is 6. The molecule has 2 aromatic heterocycles. The van der Waals surface area contributed by atoms with Gasteiger partial charge >= 0.3 is 0 Å². The lowest BCUT2D eigenvalue weighted by Crippen LogP contribution is -2.20. The fourth-order valence-electron chi connectivity index (χ4n) is 4.30. The highest BCUT2D eigenvalue weighted by Crippen LogP contribution is 2.35. The van der Waals surface area contributed by atoms with Crippen molar-refractivity contribution in [2.24, 2.45) is 5.10 Å². The molecule has 0 fully saturated rings. The summed E-state index contributed by atoms with van der Waals surface area (Å²) >= 11 is 13.0. The third kappa shape index (κ3) is 4.82. The maximum atomic E-state index is 13.5. The predicted molar refractivity (Wildman–Crippen MR) is 156 cm³/mol. The van der Waals surface area contributed by atoms with Crippen molar-refractivity contribution in [3.8, 4) is 23.4 Å². The average molecular weight is 565 g/mol. The molecule has 194 valence electrons. The molecule has 0 aliphatic rings.